The summed E-state index contributed by atoms with van der Waals surface area (Å²) in [6, 6.07) is 18.5. The molecular weight excluding hydrogens is 443 g/mol. The number of anilines is 4. The van der Waals surface area contributed by atoms with Crippen LogP contribution in [0.15, 0.2) is 78.0 Å². The van der Waals surface area contributed by atoms with Crippen molar-refractivity contribution in [3.8, 4) is 11.3 Å². The van der Waals surface area contributed by atoms with Crippen LogP contribution in [0.25, 0.3) is 11.3 Å². The van der Waals surface area contributed by atoms with Crippen molar-refractivity contribution in [1.29, 1.82) is 0 Å². The first-order valence-corrected chi connectivity index (χ1v) is 11.1. The Morgan fingerprint density at radius 1 is 0.943 bits per heavy atom. The molecule has 176 valence electrons. The fourth-order valence-corrected chi connectivity index (χ4v) is 3.75. The predicted molar refractivity (Wildman–Crippen MR) is 137 cm³/mol. The second-order valence-electron chi connectivity index (χ2n) is 8.40. The van der Waals surface area contributed by atoms with Gasteiger partial charge in [-0.1, -0.05) is 0 Å². The number of hydrogen-bond donors (Lipinski definition) is 2. The zero-order valence-corrected chi connectivity index (χ0v) is 19.7. The van der Waals surface area contributed by atoms with Gasteiger partial charge in [0, 0.05) is 54.7 Å². The molecule has 4 aromatic rings. The van der Waals surface area contributed by atoms with E-state index in [4.69, 9.17) is 0 Å². The Morgan fingerprint density at radius 3 is 2.51 bits per heavy atom. The molecule has 0 radical (unpaired) electrons. The third kappa shape index (κ3) is 5.03. The summed E-state index contributed by atoms with van der Waals surface area (Å²) in [5.74, 6) is 0.943. The number of aliphatic imine (C=N–C) groups is 1. The molecule has 0 aliphatic carbocycles. The van der Waals surface area contributed by atoms with Crippen LogP contribution in [0.1, 0.15) is 11.3 Å². The number of amidine groups is 1. The van der Waals surface area contributed by atoms with Crippen molar-refractivity contribution in [3.05, 3.63) is 90.1 Å². The smallest absolute Gasteiger partial charge is 0.227 e. The van der Waals surface area contributed by atoms with Crippen LogP contribution in [0.4, 0.5) is 27.4 Å². The minimum atomic E-state index is -0.309. The number of hydrogen-bond acceptors (Lipinski definition) is 8. The molecule has 0 saturated heterocycles. The fourth-order valence-electron chi connectivity index (χ4n) is 3.75. The lowest BCUT2D eigenvalue weighted by Gasteiger charge is -2.19. The number of nitrogens with zero attached hydrogens (tertiary/aromatic N) is 6. The lowest BCUT2D eigenvalue weighted by Crippen LogP contribution is -2.36. The Kier molecular flexibility index (Phi) is 5.97. The maximum Gasteiger partial charge on any atom is 0.227 e. The van der Waals surface area contributed by atoms with Gasteiger partial charge in [-0.05, 0) is 67.6 Å². The van der Waals surface area contributed by atoms with Crippen molar-refractivity contribution in [2.45, 2.75) is 6.92 Å². The first-order chi connectivity index (χ1) is 16.9. The van der Waals surface area contributed by atoms with Crippen LogP contribution in [0.5, 0.6) is 0 Å². The summed E-state index contributed by atoms with van der Waals surface area (Å²) in [5, 5.41) is 5.19. The monoisotopic (exact) mass is 468 g/mol. The molecule has 0 atom stereocenters. The molecule has 35 heavy (non-hydrogen) atoms. The van der Waals surface area contributed by atoms with E-state index in [2.05, 4.69) is 30.7 Å². The van der Waals surface area contributed by atoms with Crippen molar-refractivity contribution >= 4 is 28.8 Å². The topological polar surface area (TPSA) is 81.6 Å². The molecule has 0 fully saturated rings. The van der Waals surface area contributed by atoms with Crippen LogP contribution in [-0.4, -0.2) is 41.6 Å². The summed E-state index contributed by atoms with van der Waals surface area (Å²) in [5.41, 5.74) is 9.20. The highest BCUT2D eigenvalue weighted by Crippen LogP contribution is 2.26. The van der Waals surface area contributed by atoms with Gasteiger partial charge in [0.15, 0.2) is 0 Å². The number of aryl methyl sites for hydroxylation is 1. The quantitative estimate of drug-likeness (QED) is 0.430. The second-order valence-corrected chi connectivity index (χ2v) is 8.40. The molecule has 0 saturated carbocycles. The summed E-state index contributed by atoms with van der Waals surface area (Å²) in [4.78, 5) is 19.6. The fraction of sp³-hybridized carbons (Fsp3) is 0.154. The van der Waals surface area contributed by atoms with Crippen LogP contribution in [0, 0.1) is 12.7 Å². The van der Waals surface area contributed by atoms with Gasteiger partial charge in [-0.2, -0.15) is 0 Å². The summed E-state index contributed by atoms with van der Waals surface area (Å²) in [6.07, 6.45) is 3.44. The van der Waals surface area contributed by atoms with E-state index in [-0.39, 0.29) is 5.82 Å². The minimum absolute atomic E-state index is 0.309. The lowest BCUT2D eigenvalue weighted by atomic mass is 10.1. The molecule has 0 unspecified atom stereocenters. The molecule has 0 spiro atoms. The van der Waals surface area contributed by atoms with Gasteiger partial charge in [0.05, 0.1) is 11.4 Å². The highest BCUT2D eigenvalue weighted by molar-refractivity contribution is 6.01. The first-order valence-electron chi connectivity index (χ1n) is 11.1. The molecule has 8 nitrogen and oxygen atoms in total. The Labute approximate surface area is 203 Å². The average Bonchev–Trinajstić information content (AvgIpc) is 3.35. The largest absolute Gasteiger partial charge is 0.378 e. The Balaban J connectivity index is 1.28. The van der Waals surface area contributed by atoms with E-state index in [1.54, 1.807) is 18.5 Å². The van der Waals surface area contributed by atoms with Crippen LogP contribution in [0.2, 0.25) is 0 Å². The van der Waals surface area contributed by atoms with Crippen molar-refractivity contribution in [1.82, 2.24) is 20.4 Å². The van der Waals surface area contributed by atoms with Crippen LogP contribution in [0.3, 0.4) is 0 Å². The zero-order valence-electron chi connectivity index (χ0n) is 19.7. The molecule has 1 aliphatic heterocycles. The number of aromatic nitrogens is 3. The number of nitrogens with one attached hydrogen (secondary N) is 2. The van der Waals surface area contributed by atoms with Crippen LogP contribution < -0.4 is 20.7 Å². The van der Waals surface area contributed by atoms with E-state index in [9.17, 15) is 4.39 Å². The molecule has 9 heteroatoms. The number of benzene rings is 2. The van der Waals surface area contributed by atoms with Gasteiger partial charge in [-0.15, -0.1) is 0 Å². The van der Waals surface area contributed by atoms with E-state index < -0.39 is 0 Å². The number of rotatable bonds is 6. The summed E-state index contributed by atoms with van der Waals surface area (Å²) >= 11 is 0. The van der Waals surface area contributed by atoms with Crippen molar-refractivity contribution < 1.29 is 4.39 Å². The van der Waals surface area contributed by atoms with Gasteiger partial charge in [-0.25, -0.2) is 19.4 Å². The van der Waals surface area contributed by atoms with Crippen molar-refractivity contribution in [3.63, 3.8) is 0 Å². The van der Waals surface area contributed by atoms with E-state index >= 15 is 0 Å². The molecule has 2 aromatic carbocycles. The Bertz CT molecular complexity index is 1380. The van der Waals surface area contributed by atoms with Gasteiger partial charge in [0.25, 0.3) is 0 Å². The molecule has 3 heterocycles. The average molecular weight is 469 g/mol. The standard InChI is InChI=1S/C26H25FN8/c1-17-12-18(8-10-28-17)25-30-16-35(33-25)22-6-4-21(5-7-22)31-26-29-11-9-24(32-26)19-13-20(27)15-23(14-19)34(2)3/h4-15H,16H2,1-3H3,(H,30,33)(H,29,31,32). The van der Waals surface area contributed by atoms with Gasteiger partial charge in [-0.3, -0.25) is 15.4 Å². The van der Waals surface area contributed by atoms with Gasteiger partial charge >= 0.3 is 0 Å². The number of hydrazine groups is 1. The van der Waals surface area contributed by atoms with Gasteiger partial charge in [0.2, 0.25) is 5.95 Å². The molecule has 1 aliphatic rings. The predicted octanol–water partition coefficient (Wildman–Crippen LogP) is 4.52. The van der Waals surface area contributed by atoms with Crippen molar-refractivity contribution in [2.75, 3.05) is 36.0 Å². The zero-order chi connectivity index (χ0) is 24.4. The maximum atomic E-state index is 14.1. The summed E-state index contributed by atoms with van der Waals surface area (Å²) < 4.78 is 14.1. The molecule has 2 aromatic heterocycles. The molecule has 0 amide bonds. The Hall–Kier alpha value is -4.53. The molecule has 2 N–H and O–H groups in total. The number of pyridine rings is 1. The second kappa shape index (κ2) is 9.38. The van der Waals surface area contributed by atoms with Gasteiger partial charge < -0.3 is 10.2 Å². The van der Waals surface area contributed by atoms with E-state index in [1.165, 1.54) is 12.1 Å². The maximum absolute atomic E-state index is 14.1. The van der Waals surface area contributed by atoms with Crippen LogP contribution >= 0.6 is 0 Å². The van der Waals surface area contributed by atoms with Crippen LogP contribution in [-0.2, 0) is 0 Å². The summed E-state index contributed by atoms with van der Waals surface area (Å²) in [6.45, 7) is 2.47. The first kappa shape index (κ1) is 22.3. The SMILES string of the molecule is Cc1cc(C2=NCN(c3ccc(Nc4nccc(-c5cc(F)cc(N(C)C)c5)n4)cc3)N2)ccn1. The van der Waals surface area contributed by atoms with E-state index in [1.807, 2.05) is 73.4 Å². The molecular formula is C26H25FN8. The molecule has 5 rings (SSSR count). The lowest BCUT2D eigenvalue weighted by molar-refractivity contribution is 0.628. The molecule has 0 bridgehead atoms. The normalized spacial score (nSPS) is 12.8. The van der Waals surface area contributed by atoms with E-state index in [0.29, 0.717) is 23.9 Å². The Morgan fingerprint density at radius 2 is 1.74 bits per heavy atom. The van der Waals surface area contributed by atoms with Crippen molar-refractivity contribution in [2.24, 2.45) is 4.99 Å². The van der Waals surface area contributed by atoms with E-state index in [0.717, 1.165) is 34.2 Å². The number of halogens is 1. The third-order valence-corrected chi connectivity index (χ3v) is 5.57. The minimum Gasteiger partial charge on any atom is -0.378 e. The highest BCUT2D eigenvalue weighted by Gasteiger charge is 2.17. The highest BCUT2D eigenvalue weighted by atomic mass is 19.1. The van der Waals surface area contributed by atoms with Gasteiger partial charge in [0.1, 0.15) is 18.3 Å². The summed E-state index contributed by atoms with van der Waals surface area (Å²) in [7, 11) is 3.75. The third-order valence-electron chi connectivity index (χ3n) is 5.57.